The lowest BCUT2D eigenvalue weighted by Crippen LogP contribution is -2.42. The van der Waals surface area contributed by atoms with Crippen molar-refractivity contribution in [1.82, 2.24) is 14.8 Å². The van der Waals surface area contributed by atoms with Gasteiger partial charge in [-0.25, -0.2) is 4.79 Å². The fourth-order valence-electron chi connectivity index (χ4n) is 2.11. The standard InChI is InChI=1S/C13H20N4O3/c14-12-9-15-2-1-11(12)10-17(13(18)19)4-3-16-5-7-20-8-6-16/h1-2,9H,3-8,10,14H2,(H,18,19). The molecule has 7 nitrogen and oxygen atoms in total. The Morgan fingerprint density at radius 1 is 1.50 bits per heavy atom. The van der Waals surface area contributed by atoms with E-state index < -0.39 is 6.09 Å². The van der Waals surface area contributed by atoms with E-state index in [1.54, 1.807) is 12.3 Å². The zero-order valence-corrected chi connectivity index (χ0v) is 11.4. The smallest absolute Gasteiger partial charge is 0.407 e. The van der Waals surface area contributed by atoms with Gasteiger partial charge >= 0.3 is 6.09 Å². The number of ether oxygens (including phenoxy) is 1. The lowest BCUT2D eigenvalue weighted by molar-refractivity contribution is 0.0333. The third kappa shape index (κ3) is 4.07. The van der Waals surface area contributed by atoms with E-state index in [4.69, 9.17) is 10.5 Å². The number of rotatable bonds is 5. The molecule has 1 saturated heterocycles. The fraction of sp³-hybridized carbons (Fsp3) is 0.538. The van der Waals surface area contributed by atoms with Gasteiger partial charge in [0.1, 0.15) is 0 Å². The van der Waals surface area contributed by atoms with E-state index in [9.17, 15) is 9.90 Å². The van der Waals surface area contributed by atoms with Crippen molar-refractivity contribution in [2.24, 2.45) is 0 Å². The van der Waals surface area contributed by atoms with Gasteiger partial charge in [-0.05, 0) is 11.6 Å². The quantitative estimate of drug-likeness (QED) is 0.815. The molecule has 2 heterocycles. The molecule has 3 N–H and O–H groups in total. The van der Waals surface area contributed by atoms with Crippen LogP contribution in [0.15, 0.2) is 18.5 Å². The summed E-state index contributed by atoms with van der Waals surface area (Å²) >= 11 is 0. The van der Waals surface area contributed by atoms with Crippen LogP contribution in [0.3, 0.4) is 0 Å². The predicted octanol–water partition coefficient (Wildman–Crippen LogP) is 0.476. The lowest BCUT2D eigenvalue weighted by atomic mass is 10.2. The van der Waals surface area contributed by atoms with Crippen LogP contribution in [0.5, 0.6) is 0 Å². The van der Waals surface area contributed by atoms with Gasteiger partial charge in [0.15, 0.2) is 0 Å². The van der Waals surface area contributed by atoms with E-state index in [-0.39, 0.29) is 6.54 Å². The highest BCUT2D eigenvalue weighted by atomic mass is 16.5. The summed E-state index contributed by atoms with van der Waals surface area (Å²) in [6.07, 6.45) is 2.22. The van der Waals surface area contributed by atoms with Crippen molar-refractivity contribution in [3.63, 3.8) is 0 Å². The summed E-state index contributed by atoms with van der Waals surface area (Å²) in [5, 5.41) is 9.28. The number of amides is 1. The molecule has 1 aromatic heterocycles. The van der Waals surface area contributed by atoms with Crippen LogP contribution in [0.2, 0.25) is 0 Å². The summed E-state index contributed by atoms with van der Waals surface area (Å²) < 4.78 is 5.27. The number of carboxylic acid groups (broad SMARTS) is 1. The van der Waals surface area contributed by atoms with Gasteiger partial charge in [0.25, 0.3) is 0 Å². The summed E-state index contributed by atoms with van der Waals surface area (Å²) in [5.74, 6) is 0. The topological polar surface area (TPSA) is 91.9 Å². The fourth-order valence-corrected chi connectivity index (χ4v) is 2.11. The first-order valence-electron chi connectivity index (χ1n) is 6.63. The van der Waals surface area contributed by atoms with Crippen LogP contribution in [0.1, 0.15) is 5.56 Å². The molecular weight excluding hydrogens is 260 g/mol. The van der Waals surface area contributed by atoms with Gasteiger partial charge in [0, 0.05) is 32.4 Å². The molecule has 110 valence electrons. The highest BCUT2D eigenvalue weighted by molar-refractivity contribution is 5.65. The SMILES string of the molecule is Nc1cnccc1CN(CCN1CCOCC1)C(=O)O. The van der Waals surface area contributed by atoms with Gasteiger partial charge in [0.05, 0.1) is 31.6 Å². The van der Waals surface area contributed by atoms with Crippen molar-refractivity contribution >= 4 is 11.8 Å². The highest BCUT2D eigenvalue weighted by Gasteiger charge is 2.16. The Morgan fingerprint density at radius 3 is 2.90 bits per heavy atom. The molecule has 20 heavy (non-hydrogen) atoms. The van der Waals surface area contributed by atoms with Crippen molar-refractivity contribution < 1.29 is 14.6 Å². The van der Waals surface area contributed by atoms with Crippen LogP contribution in [-0.4, -0.2) is 65.4 Å². The number of morpholine rings is 1. The number of carbonyl (C=O) groups is 1. The normalized spacial score (nSPS) is 16.0. The first kappa shape index (κ1) is 14.5. The van der Waals surface area contributed by atoms with Crippen molar-refractivity contribution in [1.29, 1.82) is 0 Å². The maximum atomic E-state index is 11.3. The Labute approximate surface area is 117 Å². The lowest BCUT2D eigenvalue weighted by Gasteiger charge is -2.29. The van der Waals surface area contributed by atoms with Crippen LogP contribution in [0.4, 0.5) is 10.5 Å². The molecule has 0 aliphatic carbocycles. The number of anilines is 1. The number of nitrogen functional groups attached to an aromatic ring is 1. The van der Waals surface area contributed by atoms with Crippen LogP contribution >= 0.6 is 0 Å². The van der Waals surface area contributed by atoms with Crippen molar-refractivity contribution in [2.75, 3.05) is 45.1 Å². The maximum absolute atomic E-state index is 11.3. The van der Waals surface area contributed by atoms with Crippen molar-refractivity contribution in [2.45, 2.75) is 6.54 Å². The van der Waals surface area contributed by atoms with Gasteiger partial charge in [-0.1, -0.05) is 0 Å². The zero-order chi connectivity index (χ0) is 14.4. The Balaban J connectivity index is 1.90. The van der Waals surface area contributed by atoms with E-state index in [2.05, 4.69) is 9.88 Å². The molecule has 0 saturated carbocycles. The molecule has 2 rings (SSSR count). The van der Waals surface area contributed by atoms with Crippen LogP contribution in [0.25, 0.3) is 0 Å². The molecule has 0 atom stereocenters. The summed E-state index contributed by atoms with van der Waals surface area (Å²) in [5.41, 5.74) is 7.10. The van der Waals surface area contributed by atoms with Gasteiger partial charge in [-0.3, -0.25) is 9.88 Å². The third-order valence-corrected chi connectivity index (χ3v) is 3.37. The molecule has 0 unspecified atom stereocenters. The first-order chi connectivity index (χ1) is 9.66. The monoisotopic (exact) mass is 280 g/mol. The second kappa shape index (κ2) is 7.06. The number of nitrogens with two attached hydrogens (primary N) is 1. The predicted molar refractivity (Wildman–Crippen MR) is 74.3 cm³/mol. The maximum Gasteiger partial charge on any atom is 0.407 e. The average molecular weight is 280 g/mol. The molecule has 0 radical (unpaired) electrons. The summed E-state index contributed by atoms with van der Waals surface area (Å²) in [4.78, 5) is 18.8. The molecule has 1 fully saturated rings. The number of hydrogen-bond donors (Lipinski definition) is 2. The minimum Gasteiger partial charge on any atom is -0.465 e. The van der Waals surface area contributed by atoms with Crippen molar-refractivity contribution in [3.8, 4) is 0 Å². The average Bonchev–Trinajstić information content (AvgIpc) is 2.46. The zero-order valence-electron chi connectivity index (χ0n) is 11.4. The largest absolute Gasteiger partial charge is 0.465 e. The molecule has 0 bridgehead atoms. The van der Waals surface area contributed by atoms with Crippen LogP contribution in [0, 0.1) is 0 Å². The molecule has 1 aromatic rings. The van der Waals surface area contributed by atoms with E-state index in [0.29, 0.717) is 32.0 Å². The van der Waals surface area contributed by atoms with Crippen LogP contribution in [-0.2, 0) is 11.3 Å². The van der Waals surface area contributed by atoms with Gasteiger partial charge in [-0.2, -0.15) is 0 Å². The molecule has 1 aliphatic rings. The molecular formula is C13H20N4O3. The van der Waals surface area contributed by atoms with E-state index >= 15 is 0 Å². The van der Waals surface area contributed by atoms with E-state index in [0.717, 1.165) is 18.7 Å². The molecule has 1 aliphatic heterocycles. The van der Waals surface area contributed by atoms with Crippen molar-refractivity contribution in [3.05, 3.63) is 24.0 Å². The number of pyridine rings is 1. The van der Waals surface area contributed by atoms with E-state index in [1.807, 2.05) is 0 Å². The summed E-state index contributed by atoms with van der Waals surface area (Å²) in [6, 6.07) is 1.75. The Kier molecular flexibility index (Phi) is 5.14. The Bertz CT molecular complexity index is 449. The first-order valence-corrected chi connectivity index (χ1v) is 6.63. The summed E-state index contributed by atoms with van der Waals surface area (Å²) in [7, 11) is 0. The minimum absolute atomic E-state index is 0.286. The summed E-state index contributed by atoms with van der Waals surface area (Å²) in [6.45, 7) is 4.58. The molecule has 7 heteroatoms. The number of nitrogens with zero attached hydrogens (tertiary/aromatic N) is 3. The second-order valence-electron chi connectivity index (χ2n) is 4.73. The van der Waals surface area contributed by atoms with Gasteiger partial charge in [0.2, 0.25) is 0 Å². The van der Waals surface area contributed by atoms with E-state index in [1.165, 1.54) is 11.1 Å². The Morgan fingerprint density at radius 2 is 2.25 bits per heavy atom. The van der Waals surface area contributed by atoms with Crippen LogP contribution < -0.4 is 5.73 Å². The number of hydrogen-bond acceptors (Lipinski definition) is 5. The molecule has 0 aromatic carbocycles. The second-order valence-corrected chi connectivity index (χ2v) is 4.73. The number of aromatic nitrogens is 1. The third-order valence-electron chi connectivity index (χ3n) is 3.37. The van der Waals surface area contributed by atoms with Gasteiger partial charge in [-0.15, -0.1) is 0 Å². The Hall–Kier alpha value is -1.86. The minimum atomic E-state index is -0.936. The molecule has 0 spiro atoms. The molecule has 1 amide bonds. The highest BCUT2D eigenvalue weighted by Crippen LogP contribution is 2.12. The van der Waals surface area contributed by atoms with Gasteiger partial charge < -0.3 is 20.5 Å².